The van der Waals surface area contributed by atoms with Crippen LogP contribution in [0.1, 0.15) is 28.6 Å². The second kappa shape index (κ2) is 4.90. The van der Waals surface area contributed by atoms with Crippen molar-refractivity contribution in [3.8, 4) is 0 Å². The van der Waals surface area contributed by atoms with Crippen molar-refractivity contribution >= 4 is 32.7 Å². The maximum Gasteiger partial charge on any atom is 0.231 e. The van der Waals surface area contributed by atoms with Crippen LogP contribution >= 0.6 is 15.9 Å². The maximum atomic E-state index is 12.5. The molecular weight excluding hydrogens is 320 g/mol. The molecule has 2 aromatic heterocycles. The first-order valence-corrected chi connectivity index (χ1v) is 7.15. The van der Waals surface area contributed by atoms with E-state index in [0.29, 0.717) is 16.9 Å². The number of hydrogen-bond acceptors (Lipinski definition) is 3. The third-order valence-corrected chi connectivity index (χ3v) is 3.82. The Balaban J connectivity index is 2.09. The van der Waals surface area contributed by atoms with Gasteiger partial charge in [0.1, 0.15) is 5.58 Å². The Morgan fingerprint density at radius 2 is 2.25 bits per heavy atom. The molecule has 0 aliphatic heterocycles. The highest BCUT2D eigenvalue weighted by molar-refractivity contribution is 9.10. The van der Waals surface area contributed by atoms with Crippen molar-refractivity contribution in [1.82, 2.24) is 9.78 Å². The van der Waals surface area contributed by atoms with E-state index >= 15 is 0 Å². The van der Waals surface area contributed by atoms with Gasteiger partial charge in [0.05, 0.1) is 11.8 Å². The van der Waals surface area contributed by atoms with Crippen LogP contribution in [-0.4, -0.2) is 15.6 Å². The SMILES string of the molecule is CCn1cc(C(=O)c2oc3cc(Br)ccc3c2C)cn1. The molecule has 0 bridgehead atoms. The number of fused-ring (bicyclic) bond motifs is 1. The largest absolute Gasteiger partial charge is 0.452 e. The molecular formula is C15H13BrN2O2. The number of halogens is 1. The first kappa shape index (κ1) is 13.1. The van der Waals surface area contributed by atoms with Gasteiger partial charge in [-0.3, -0.25) is 9.48 Å². The zero-order valence-corrected chi connectivity index (χ0v) is 12.8. The number of hydrogen-bond donors (Lipinski definition) is 0. The monoisotopic (exact) mass is 332 g/mol. The first-order chi connectivity index (χ1) is 9.60. The van der Waals surface area contributed by atoms with Gasteiger partial charge in [-0.2, -0.15) is 5.10 Å². The molecule has 2 heterocycles. The Kier molecular flexibility index (Phi) is 3.22. The molecule has 1 aromatic carbocycles. The minimum Gasteiger partial charge on any atom is -0.452 e. The number of carbonyl (C=O) groups excluding carboxylic acids is 1. The summed E-state index contributed by atoms with van der Waals surface area (Å²) >= 11 is 3.40. The van der Waals surface area contributed by atoms with Gasteiger partial charge in [-0.1, -0.05) is 15.9 Å². The highest BCUT2D eigenvalue weighted by Crippen LogP contribution is 2.29. The molecule has 0 atom stereocenters. The molecule has 20 heavy (non-hydrogen) atoms. The van der Waals surface area contributed by atoms with Gasteiger partial charge in [0.15, 0.2) is 5.76 Å². The number of aromatic nitrogens is 2. The lowest BCUT2D eigenvalue weighted by molar-refractivity contribution is 0.101. The molecule has 0 saturated carbocycles. The van der Waals surface area contributed by atoms with Gasteiger partial charge in [-0.25, -0.2) is 0 Å². The topological polar surface area (TPSA) is 48.0 Å². The Morgan fingerprint density at radius 3 is 2.95 bits per heavy atom. The van der Waals surface area contributed by atoms with Crippen LogP contribution in [0.2, 0.25) is 0 Å². The summed E-state index contributed by atoms with van der Waals surface area (Å²) in [4.78, 5) is 12.5. The molecule has 0 fully saturated rings. The minimum absolute atomic E-state index is 0.130. The molecule has 0 unspecified atom stereocenters. The number of rotatable bonds is 3. The van der Waals surface area contributed by atoms with E-state index in [0.717, 1.165) is 22.0 Å². The molecule has 3 aromatic rings. The number of nitrogens with zero attached hydrogens (tertiary/aromatic N) is 2. The molecule has 3 rings (SSSR count). The van der Waals surface area contributed by atoms with Crippen LogP contribution in [0.3, 0.4) is 0 Å². The van der Waals surface area contributed by atoms with Crippen LogP contribution in [0.25, 0.3) is 11.0 Å². The standard InChI is InChI=1S/C15H13BrN2O2/c1-3-18-8-10(7-17-18)14(19)15-9(2)12-5-4-11(16)6-13(12)20-15/h4-8H,3H2,1-2H3. The fraction of sp³-hybridized carbons (Fsp3) is 0.200. The fourth-order valence-corrected chi connectivity index (χ4v) is 2.54. The molecule has 0 spiro atoms. The van der Waals surface area contributed by atoms with Crippen molar-refractivity contribution in [2.24, 2.45) is 0 Å². The van der Waals surface area contributed by atoms with Crippen molar-refractivity contribution in [1.29, 1.82) is 0 Å². The molecule has 0 aliphatic carbocycles. The van der Waals surface area contributed by atoms with Crippen molar-refractivity contribution in [2.45, 2.75) is 20.4 Å². The molecule has 5 heteroatoms. The van der Waals surface area contributed by atoms with Gasteiger partial charge in [0, 0.05) is 28.2 Å². The normalized spacial score (nSPS) is 11.2. The van der Waals surface area contributed by atoms with Crippen LogP contribution in [0.4, 0.5) is 0 Å². The minimum atomic E-state index is -0.130. The summed E-state index contributed by atoms with van der Waals surface area (Å²) in [5.74, 6) is 0.253. The molecule has 102 valence electrons. The van der Waals surface area contributed by atoms with Crippen LogP contribution in [0.15, 0.2) is 39.5 Å². The lowest BCUT2D eigenvalue weighted by atomic mass is 10.1. The third-order valence-electron chi connectivity index (χ3n) is 3.33. The van der Waals surface area contributed by atoms with E-state index in [2.05, 4.69) is 21.0 Å². The van der Waals surface area contributed by atoms with Crippen LogP contribution in [0, 0.1) is 6.92 Å². The highest BCUT2D eigenvalue weighted by Gasteiger charge is 2.20. The van der Waals surface area contributed by atoms with E-state index in [1.165, 1.54) is 0 Å². The van der Waals surface area contributed by atoms with E-state index in [1.54, 1.807) is 17.1 Å². The van der Waals surface area contributed by atoms with Crippen molar-refractivity contribution in [3.05, 3.63) is 52.0 Å². The second-order valence-corrected chi connectivity index (χ2v) is 5.53. The predicted octanol–water partition coefficient (Wildman–Crippen LogP) is 3.95. The number of ketones is 1. The van der Waals surface area contributed by atoms with Gasteiger partial charge in [0.25, 0.3) is 0 Å². The van der Waals surface area contributed by atoms with Gasteiger partial charge < -0.3 is 4.42 Å². The zero-order chi connectivity index (χ0) is 14.3. The van der Waals surface area contributed by atoms with Gasteiger partial charge in [-0.05, 0) is 32.0 Å². The van der Waals surface area contributed by atoms with Crippen molar-refractivity contribution < 1.29 is 9.21 Å². The quantitative estimate of drug-likeness (QED) is 0.682. The summed E-state index contributed by atoms with van der Waals surface area (Å²) in [6.45, 7) is 4.61. The third kappa shape index (κ3) is 2.08. The Morgan fingerprint density at radius 1 is 1.45 bits per heavy atom. The number of aryl methyl sites for hydroxylation is 2. The molecule has 0 aliphatic rings. The van der Waals surface area contributed by atoms with Crippen LogP contribution < -0.4 is 0 Å². The summed E-state index contributed by atoms with van der Waals surface area (Å²) < 4.78 is 8.37. The highest BCUT2D eigenvalue weighted by atomic mass is 79.9. The Labute approximate surface area is 124 Å². The van der Waals surface area contributed by atoms with Gasteiger partial charge in [0.2, 0.25) is 5.78 Å². The summed E-state index contributed by atoms with van der Waals surface area (Å²) in [6.07, 6.45) is 3.32. The average Bonchev–Trinajstić information content (AvgIpc) is 3.03. The zero-order valence-electron chi connectivity index (χ0n) is 11.2. The summed E-state index contributed by atoms with van der Waals surface area (Å²) in [5, 5.41) is 5.08. The molecule has 0 N–H and O–H groups in total. The van der Waals surface area contributed by atoms with Crippen LogP contribution in [0.5, 0.6) is 0 Å². The molecule has 0 radical (unpaired) electrons. The van der Waals surface area contributed by atoms with Gasteiger partial charge in [-0.15, -0.1) is 0 Å². The predicted molar refractivity (Wildman–Crippen MR) is 80.0 cm³/mol. The first-order valence-electron chi connectivity index (χ1n) is 6.36. The molecule has 0 saturated heterocycles. The van der Waals surface area contributed by atoms with Crippen LogP contribution in [-0.2, 0) is 6.54 Å². The summed E-state index contributed by atoms with van der Waals surface area (Å²) in [7, 11) is 0. The van der Waals surface area contributed by atoms with E-state index in [9.17, 15) is 4.79 Å². The van der Waals surface area contributed by atoms with E-state index in [-0.39, 0.29) is 5.78 Å². The fourth-order valence-electron chi connectivity index (χ4n) is 2.20. The Hall–Kier alpha value is -1.88. The lowest BCUT2D eigenvalue weighted by Gasteiger charge is -1.94. The maximum absolute atomic E-state index is 12.5. The second-order valence-electron chi connectivity index (χ2n) is 4.61. The number of carbonyl (C=O) groups is 1. The summed E-state index contributed by atoms with van der Waals surface area (Å²) in [5.41, 5.74) is 2.12. The molecule has 4 nitrogen and oxygen atoms in total. The lowest BCUT2D eigenvalue weighted by Crippen LogP contribution is -2.00. The average molecular weight is 333 g/mol. The molecule has 0 amide bonds. The van der Waals surface area contributed by atoms with Gasteiger partial charge >= 0.3 is 0 Å². The number of furan rings is 1. The van der Waals surface area contributed by atoms with E-state index in [4.69, 9.17) is 4.42 Å². The van der Waals surface area contributed by atoms with E-state index < -0.39 is 0 Å². The number of benzene rings is 1. The smallest absolute Gasteiger partial charge is 0.231 e. The van der Waals surface area contributed by atoms with Crippen molar-refractivity contribution in [2.75, 3.05) is 0 Å². The van der Waals surface area contributed by atoms with Crippen molar-refractivity contribution in [3.63, 3.8) is 0 Å². The Bertz CT molecular complexity index is 801. The van der Waals surface area contributed by atoms with E-state index in [1.807, 2.05) is 32.0 Å². The summed E-state index contributed by atoms with van der Waals surface area (Å²) in [6, 6.07) is 5.76.